The van der Waals surface area contributed by atoms with Gasteiger partial charge in [0.1, 0.15) is 5.75 Å². The van der Waals surface area contributed by atoms with Crippen molar-refractivity contribution in [2.45, 2.75) is 25.7 Å². The Morgan fingerprint density at radius 1 is 1.04 bits per heavy atom. The van der Waals surface area contributed by atoms with Crippen molar-refractivity contribution in [3.05, 3.63) is 52.6 Å². The van der Waals surface area contributed by atoms with Crippen molar-refractivity contribution >= 4 is 21.7 Å². The number of carboxylic acid groups (broad SMARTS) is 1. The van der Waals surface area contributed by atoms with Gasteiger partial charge in [0.25, 0.3) is 10.0 Å². The Hall–Kier alpha value is -2.54. The predicted molar refractivity (Wildman–Crippen MR) is 86.5 cm³/mol. The highest BCUT2D eigenvalue weighted by atomic mass is 32.2. The van der Waals surface area contributed by atoms with E-state index in [1.54, 1.807) is 26.0 Å². The lowest BCUT2D eigenvalue weighted by atomic mass is 10.1. The monoisotopic (exact) mass is 335 g/mol. The van der Waals surface area contributed by atoms with Gasteiger partial charge in [0, 0.05) is 0 Å². The molecule has 23 heavy (non-hydrogen) atoms. The molecule has 0 unspecified atom stereocenters. The van der Waals surface area contributed by atoms with Gasteiger partial charge in [0.2, 0.25) is 0 Å². The number of carbonyl (C=O) groups is 1. The lowest BCUT2D eigenvalue weighted by Crippen LogP contribution is -2.16. The van der Waals surface area contributed by atoms with Gasteiger partial charge in [-0.15, -0.1) is 0 Å². The molecule has 2 aromatic rings. The summed E-state index contributed by atoms with van der Waals surface area (Å²) >= 11 is 0. The SMILES string of the molecule is Cc1cc(C)c(S(=O)(=O)Nc2ccc(C(=O)O)cc2O)c(C)c1. The Labute approximate surface area is 134 Å². The summed E-state index contributed by atoms with van der Waals surface area (Å²) in [6.45, 7) is 5.27. The second-order valence-electron chi connectivity index (χ2n) is 5.37. The predicted octanol–water partition coefficient (Wildman–Crippen LogP) is 2.82. The normalized spacial score (nSPS) is 11.3. The average molecular weight is 335 g/mol. The van der Waals surface area contributed by atoms with Crippen LogP contribution >= 0.6 is 0 Å². The fourth-order valence-electron chi connectivity index (χ4n) is 2.54. The van der Waals surface area contributed by atoms with Crippen LogP contribution in [-0.4, -0.2) is 24.6 Å². The third kappa shape index (κ3) is 3.45. The Kier molecular flexibility index (Phi) is 4.33. The zero-order valence-corrected chi connectivity index (χ0v) is 13.7. The zero-order chi connectivity index (χ0) is 17.4. The smallest absolute Gasteiger partial charge is 0.335 e. The number of carboxylic acids is 1. The number of sulfonamides is 1. The molecule has 0 fully saturated rings. The van der Waals surface area contributed by atoms with Gasteiger partial charge in [-0.05, 0) is 50.1 Å². The van der Waals surface area contributed by atoms with E-state index in [1.807, 2.05) is 6.92 Å². The molecule has 3 N–H and O–H groups in total. The molecule has 0 atom stereocenters. The number of phenolic OH excluding ortho intramolecular Hbond substituents is 1. The van der Waals surface area contributed by atoms with E-state index >= 15 is 0 Å². The number of aromatic carboxylic acids is 1. The van der Waals surface area contributed by atoms with Crippen molar-refractivity contribution in [1.29, 1.82) is 0 Å². The molecule has 0 saturated carbocycles. The van der Waals surface area contributed by atoms with Gasteiger partial charge in [0.05, 0.1) is 16.1 Å². The number of aromatic hydroxyl groups is 1. The minimum Gasteiger partial charge on any atom is -0.506 e. The number of nitrogens with one attached hydrogen (secondary N) is 1. The van der Waals surface area contributed by atoms with Crippen molar-refractivity contribution in [3.63, 3.8) is 0 Å². The first-order chi connectivity index (χ1) is 10.6. The van der Waals surface area contributed by atoms with E-state index in [0.29, 0.717) is 11.1 Å². The first kappa shape index (κ1) is 16.8. The fourth-order valence-corrected chi connectivity index (χ4v) is 4.07. The minimum atomic E-state index is -3.90. The van der Waals surface area contributed by atoms with Crippen LogP contribution in [0.25, 0.3) is 0 Å². The van der Waals surface area contributed by atoms with Crippen molar-refractivity contribution in [1.82, 2.24) is 0 Å². The average Bonchev–Trinajstić information content (AvgIpc) is 2.38. The van der Waals surface area contributed by atoms with Gasteiger partial charge in [-0.2, -0.15) is 0 Å². The highest BCUT2D eigenvalue weighted by molar-refractivity contribution is 7.92. The highest BCUT2D eigenvalue weighted by Crippen LogP contribution is 2.29. The second kappa shape index (κ2) is 5.92. The van der Waals surface area contributed by atoms with Gasteiger partial charge in [0.15, 0.2) is 0 Å². The number of aryl methyl sites for hydroxylation is 3. The van der Waals surface area contributed by atoms with E-state index in [-0.39, 0.29) is 16.1 Å². The lowest BCUT2D eigenvalue weighted by Gasteiger charge is -2.14. The molecule has 0 spiro atoms. The molecular weight excluding hydrogens is 318 g/mol. The molecule has 0 aliphatic rings. The molecule has 6 nitrogen and oxygen atoms in total. The highest BCUT2D eigenvalue weighted by Gasteiger charge is 2.21. The lowest BCUT2D eigenvalue weighted by molar-refractivity contribution is 0.0696. The van der Waals surface area contributed by atoms with Gasteiger partial charge in [-0.3, -0.25) is 4.72 Å². The van der Waals surface area contributed by atoms with Crippen LogP contribution < -0.4 is 4.72 Å². The number of benzene rings is 2. The van der Waals surface area contributed by atoms with Crippen molar-refractivity contribution in [2.75, 3.05) is 4.72 Å². The van der Waals surface area contributed by atoms with Crippen LogP contribution in [0.2, 0.25) is 0 Å². The van der Waals surface area contributed by atoms with E-state index in [2.05, 4.69) is 4.72 Å². The molecule has 0 saturated heterocycles. The van der Waals surface area contributed by atoms with Crippen LogP contribution in [0.1, 0.15) is 27.0 Å². The van der Waals surface area contributed by atoms with Crippen LogP contribution in [-0.2, 0) is 10.0 Å². The maximum Gasteiger partial charge on any atom is 0.335 e. The quantitative estimate of drug-likeness (QED) is 0.745. The van der Waals surface area contributed by atoms with E-state index in [9.17, 15) is 18.3 Å². The van der Waals surface area contributed by atoms with E-state index < -0.39 is 21.7 Å². The van der Waals surface area contributed by atoms with Crippen LogP contribution in [0.3, 0.4) is 0 Å². The van der Waals surface area contributed by atoms with Crippen LogP contribution in [0, 0.1) is 20.8 Å². The molecular formula is C16H17NO5S. The summed E-state index contributed by atoms with van der Waals surface area (Å²) in [5.74, 6) is -1.66. The Bertz CT molecular complexity index is 864. The summed E-state index contributed by atoms with van der Waals surface area (Å²) < 4.78 is 27.5. The first-order valence-electron chi connectivity index (χ1n) is 6.79. The second-order valence-corrected chi connectivity index (χ2v) is 6.99. The molecule has 2 aromatic carbocycles. The van der Waals surface area contributed by atoms with E-state index in [0.717, 1.165) is 11.6 Å². The van der Waals surface area contributed by atoms with E-state index in [4.69, 9.17) is 5.11 Å². The molecule has 0 radical (unpaired) electrons. The number of phenols is 1. The Morgan fingerprint density at radius 2 is 1.61 bits per heavy atom. The van der Waals surface area contributed by atoms with Gasteiger partial charge >= 0.3 is 5.97 Å². The molecule has 7 heteroatoms. The molecule has 0 heterocycles. The molecule has 0 bridgehead atoms. The maximum absolute atomic E-state index is 12.6. The number of hydrogen-bond donors (Lipinski definition) is 3. The van der Waals surface area contributed by atoms with Crippen molar-refractivity contribution in [3.8, 4) is 5.75 Å². The minimum absolute atomic E-state index is 0.0747. The van der Waals surface area contributed by atoms with Crippen molar-refractivity contribution < 1.29 is 23.4 Å². The summed E-state index contributed by atoms with van der Waals surface area (Å²) in [5.41, 5.74) is 1.93. The Morgan fingerprint density at radius 3 is 2.09 bits per heavy atom. The summed E-state index contributed by atoms with van der Waals surface area (Å²) in [7, 11) is -3.90. The Balaban J connectivity index is 2.46. The summed E-state index contributed by atoms with van der Waals surface area (Å²) in [4.78, 5) is 11.0. The molecule has 0 amide bonds. The standard InChI is InChI=1S/C16H17NO5S/c1-9-6-10(2)15(11(3)7-9)23(21,22)17-13-5-4-12(16(19)20)8-14(13)18/h4-8,17-18H,1-3H3,(H,19,20). The molecule has 2 rings (SSSR count). The molecule has 0 aliphatic heterocycles. The molecule has 122 valence electrons. The fraction of sp³-hybridized carbons (Fsp3) is 0.188. The summed E-state index contributed by atoms with van der Waals surface area (Å²) in [6, 6.07) is 6.95. The number of hydrogen-bond acceptors (Lipinski definition) is 4. The van der Waals surface area contributed by atoms with E-state index in [1.165, 1.54) is 12.1 Å². The van der Waals surface area contributed by atoms with Gasteiger partial charge in [-0.1, -0.05) is 17.7 Å². The number of anilines is 1. The van der Waals surface area contributed by atoms with Crippen LogP contribution in [0.15, 0.2) is 35.2 Å². The molecule has 0 aromatic heterocycles. The van der Waals surface area contributed by atoms with Gasteiger partial charge < -0.3 is 10.2 Å². The number of rotatable bonds is 4. The van der Waals surface area contributed by atoms with Gasteiger partial charge in [-0.25, -0.2) is 13.2 Å². The maximum atomic E-state index is 12.6. The largest absolute Gasteiger partial charge is 0.506 e. The third-order valence-corrected chi connectivity index (χ3v) is 5.03. The summed E-state index contributed by atoms with van der Waals surface area (Å²) in [6.07, 6.45) is 0. The molecule has 0 aliphatic carbocycles. The zero-order valence-electron chi connectivity index (χ0n) is 12.9. The van der Waals surface area contributed by atoms with Crippen LogP contribution in [0.5, 0.6) is 5.75 Å². The first-order valence-corrected chi connectivity index (χ1v) is 8.27. The van der Waals surface area contributed by atoms with Crippen LogP contribution in [0.4, 0.5) is 5.69 Å². The summed E-state index contributed by atoms with van der Waals surface area (Å²) in [5, 5.41) is 18.7. The third-order valence-electron chi connectivity index (χ3n) is 3.36. The topological polar surface area (TPSA) is 104 Å². The van der Waals surface area contributed by atoms with Crippen molar-refractivity contribution in [2.24, 2.45) is 0 Å².